The number of esters is 1. The summed E-state index contributed by atoms with van der Waals surface area (Å²) in [4.78, 5) is 10.6. The Kier molecular flexibility index (Phi) is 10.0. The van der Waals surface area contributed by atoms with Crippen molar-refractivity contribution in [1.82, 2.24) is 0 Å². The van der Waals surface area contributed by atoms with E-state index in [0.29, 0.717) is 0 Å². The molecule has 0 radical (unpaired) electrons. The van der Waals surface area contributed by atoms with Crippen molar-refractivity contribution in [2.24, 2.45) is 0 Å². The second-order valence-corrected chi connectivity index (χ2v) is 8.49. The molecule has 0 heterocycles. The monoisotopic (exact) mass is 326 g/mol. The van der Waals surface area contributed by atoms with E-state index in [9.17, 15) is 4.79 Å². The van der Waals surface area contributed by atoms with E-state index in [1.165, 1.54) is 13.2 Å². The van der Waals surface area contributed by atoms with Crippen LogP contribution in [0, 0.1) is 0 Å². The van der Waals surface area contributed by atoms with Crippen molar-refractivity contribution in [3.63, 3.8) is 0 Å². The fraction of sp³-hybridized carbons (Fsp3) is 0.556. The zero-order valence-corrected chi connectivity index (χ0v) is 11.2. The van der Waals surface area contributed by atoms with Gasteiger partial charge in [0, 0.05) is 0 Å². The summed E-state index contributed by atoms with van der Waals surface area (Å²) >= 11 is -1.56. The summed E-state index contributed by atoms with van der Waals surface area (Å²) in [6.07, 6.45) is 7.24. The van der Waals surface area contributed by atoms with Crippen molar-refractivity contribution in [3.05, 3.63) is 12.2 Å². The molecule has 0 aliphatic carbocycles. The van der Waals surface area contributed by atoms with Crippen molar-refractivity contribution in [1.29, 1.82) is 0 Å². The molecule has 0 spiro atoms. The molecule has 5 heteroatoms. The third-order valence-corrected chi connectivity index (χ3v) is 3.82. The van der Waals surface area contributed by atoms with Gasteiger partial charge >= 0.3 is 98.0 Å². The molecule has 14 heavy (non-hydrogen) atoms. The molecule has 0 atom stereocenters. The van der Waals surface area contributed by atoms with Gasteiger partial charge in [-0.25, -0.2) is 0 Å². The summed E-state index contributed by atoms with van der Waals surface area (Å²) in [5.41, 5.74) is 0. The van der Waals surface area contributed by atoms with Crippen LogP contribution in [0.1, 0.15) is 25.7 Å². The van der Waals surface area contributed by atoms with E-state index in [1.807, 2.05) is 10.7 Å². The Morgan fingerprint density at radius 2 is 2.00 bits per heavy atom. The van der Waals surface area contributed by atoms with Crippen molar-refractivity contribution >= 4 is 30.0 Å². The third-order valence-electron chi connectivity index (χ3n) is 1.49. The Morgan fingerprint density at radius 1 is 1.36 bits per heavy atom. The normalized spacial score (nSPS) is 11.5. The molecule has 2 nitrogen and oxygen atoms in total. The molecular weight excluding hydrogens is 312 g/mol. The van der Waals surface area contributed by atoms with Gasteiger partial charge in [-0.05, 0) is 0 Å². The molecule has 0 aliphatic rings. The zero-order valence-electron chi connectivity index (χ0n) is 7.99. The predicted molar refractivity (Wildman–Crippen MR) is 57.4 cm³/mol. The first-order valence-corrected chi connectivity index (χ1v) is 9.71. The topological polar surface area (TPSA) is 26.3 Å². The van der Waals surface area contributed by atoms with Gasteiger partial charge in [0.05, 0.1) is 0 Å². The summed E-state index contributed by atoms with van der Waals surface area (Å²) in [7, 11) is 12.7. The number of hydrogen-bond acceptors (Lipinski definition) is 2. The van der Waals surface area contributed by atoms with E-state index in [1.54, 1.807) is 0 Å². The summed E-state index contributed by atoms with van der Waals surface area (Å²) < 4.78 is 6.45. The van der Waals surface area contributed by atoms with Crippen LogP contribution in [0.4, 0.5) is 0 Å². The first-order valence-electron chi connectivity index (χ1n) is 4.23. The van der Waals surface area contributed by atoms with Gasteiger partial charge in [0.1, 0.15) is 0 Å². The Morgan fingerprint density at radius 3 is 2.57 bits per heavy atom. The number of carbonyl (C=O) groups is 1. The van der Waals surface area contributed by atoms with Crippen molar-refractivity contribution in [2.75, 3.05) is 7.11 Å². The Bertz CT molecular complexity index is 223. The SMILES string of the molecule is COC(=O)/C=C/CCCC[CH]=[Ru]([Cl])[Cl]. The minimum atomic E-state index is -1.56. The molecule has 0 amide bonds. The van der Waals surface area contributed by atoms with Gasteiger partial charge < -0.3 is 0 Å². The third kappa shape index (κ3) is 10.4. The van der Waals surface area contributed by atoms with Crippen LogP contribution in [0.15, 0.2) is 12.2 Å². The average Bonchev–Trinajstić information content (AvgIpc) is 2.15. The predicted octanol–water partition coefficient (Wildman–Crippen LogP) is 3.00. The van der Waals surface area contributed by atoms with E-state index in [2.05, 4.69) is 4.74 Å². The van der Waals surface area contributed by atoms with Gasteiger partial charge in [-0.15, -0.1) is 0 Å². The number of unbranched alkanes of at least 4 members (excludes halogenated alkanes) is 3. The summed E-state index contributed by atoms with van der Waals surface area (Å²) in [5.74, 6) is -0.300. The van der Waals surface area contributed by atoms with Crippen LogP contribution in [-0.2, 0) is 23.0 Å². The average molecular weight is 326 g/mol. The number of carbonyl (C=O) groups excluding carboxylic acids is 1. The number of rotatable bonds is 6. The summed E-state index contributed by atoms with van der Waals surface area (Å²) in [6.45, 7) is 0. The van der Waals surface area contributed by atoms with Gasteiger partial charge in [-0.1, -0.05) is 0 Å². The fourth-order valence-corrected chi connectivity index (χ4v) is 2.45. The van der Waals surface area contributed by atoms with Crippen LogP contribution in [0.5, 0.6) is 0 Å². The van der Waals surface area contributed by atoms with E-state index >= 15 is 0 Å². The van der Waals surface area contributed by atoms with Crippen molar-refractivity contribution < 1.29 is 23.0 Å². The van der Waals surface area contributed by atoms with Crippen LogP contribution < -0.4 is 0 Å². The molecule has 0 aromatic rings. The molecule has 0 bridgehead atoms. The van der Waals surface area contributed by atoms with E-state index in [0.717, 1.165) is 25.7 Å². The molecule has 0 aromatic heterocycles. The van der Waals surface area contributed by atoms with Crippen LogP contribution in [0.2, 0.25) is 0 Å². The van der Waals surface area contributed by atoms with E-state index in [4.69, 9.17) is 19.4 Å². The summed E-state index contributed by atoms with van der Waals surface area (Å²) in [6, 6.07) is 0. The maximum atomic E-state index is 10.6. The second-order valence-electron chi connectivity index (χ2n) is 2.56. The number of allylic oxidation sites excluding steroid dienone is 1. The van der Waals surface area contributed by atoms with Crippen molar-refractivity contribution in [2.45, 2.75) is 25.7 Å². The van der Waals surface area contributed by atoms with Gasteiger partial charge in [-0.2, -0.15) is 0 Å². The van der Waals surface area contributed by atoms with Gasteiger partial charge in [0.15, 0.2) is 0 Å². The number of methoxy groups -OCH3 is 1. The van der Waals surface area contributed by atoms with Gasteiger partial charge in [-0.3, -0.25) is 0 Å². The molecule has 0 fully saturated rings. The van der Waals surface area contributed by atoms with Gasteiger partial charge in [0.2, 0.25) is 0 Å². The zero-order chi connectivity index (χ0) is 10.8. The Balaban J connectivity index is 3.34. The molecule has 0 saturated carbocycles. The Labute approximate surface area is 97.7 Å². The number of ether oxygens (including phenoxy) is 1. The van der Waals surface area contributed by atoms with Crippen molar-refractivity contribution in [3.8, 4) is 0 Å². The fourth-order valence-electron chi connectivity index (χ4n) is 0.803. The van der Waals surface area contributed by atoms with E-state index in [-0.39, 0.29) is 5.97 Å². The molecular formula is C9H14Cl2O2Ru. The van der Waals surface area contributed by atoms with Crippen LogP contribution in [-0.4, -0.2) is 17.7 Å². The minimum absolute atomic E-state index is 0.300. The van der Waals surface area contributed by atoms with Crippen LogP contribution in [0.25, 0.3) is 0 Å². The number of hydrogen-bond donors (Lipinski definition) is 0. The molecule has 0 unspecified atom stereocenters. The quantitative estimate of drug-likeness (QED) is 0.325. The molecule has 0 saturated heterocycles. The Hall–Kier alpha value is 0.283. The maximum absolute atomic E-state index is 10.6. The first-order chi connectivity index (χ1) is 6.66. The van der Waals surface area contributed by atoms with Crippen LogP contribution >= 0.6 is 19.4 Å². The van der Waals surface area contributed by atoms with Gasteiger partial charge in [0.25, 0.3) is 0 Å². The molecule has 0 aromatic carbocycles. The standard InChI is InChI=1S/C9H14O2.2ClH.Ru/c1-3-4-5-6-7-8-9(10)11-2;;;/h1,7-8H,3-6H2,2H3;2*1H;/q;;;+2/p-2/b8-7+;;;. The summed E-state index contributed by atoms with van der Waals surface area (Å²) in [5, 5.41) is 0. The molecule has 84 valence electrons. The van der Waals surface area contributed by atoms with E-state index < -0.39 is 13.5 Å². The second kappa shape index (κ2) is 9.82. The van der Waals surface area contributed by atoms with Crippen LogP contribution in [0.3, 0.4) is 0 Å². The molecule has 0 rings (SSSR count). The molecule has 0 aliphatic heterocycles. The number of halogens is 2. The molecule has 0 N–H and O–H groups in total. The first kappa shape index (κ1) is 14.3.